The zero-order valence-electron chi connectivity index (χ0n) is 9.75. The van der Waals surface area contributed by atoms with Crippen LogP contribution in [0.5, 0.6) is 0 Å². The lowest BCUT2D eigenvalue weighted by molar-refractivity contribution is 0.0396. The molecule has 0 spiro atoms. The van der Waals surface area contributed by atoms with Crippen LogP contribution in [0.2, 0.25) is 10.0 Å². The summed E-state index contributed by atoms with van der Waals surface area (Å²) in [6.45, 7) is 1.61. The van der Waals surface area contributed by atoms with Crippen LogP contribution < -0.4 is 5.32 Å². The second-order valence-electron chi connectivity index (χ2n) is 4.26. The van der Waals surface area contributed by atoms with Gasteiger partial charge in [0.1, 0.15) is 0 Å². The second-order valence-corrected chi connectivity index (χ2v) is 5.11. The third kappa shape index (κ3) is 3.10. The Kier molecular flexibility index (Phi) is 4.62. The molecule has 1 aromatic rings. The van der Waals surface area contributed by atoms with Crippen molar-refractivity contribution >= 4 is 23.2 Å². The fourth-order valence-electron chi connectivity index (χ4n) is 2.28. The quantitative estimate of drug-likeness (QED) is 0.920. The van der Waals surface area contributed by atoms with Crippen molar-refractivity contribution in [1.29, 1.82) is 0 Å². The van der Waals surface area contributed by atoms with Crippen molar-refractivity contribution in [2.24, 2.45) is 5.92 Å². The fraction of sp³-hybridized carbons (Fsp3) is 0.583. The van der Waals surface area contributed by atoms with Gasteiger partial charge in [0.15, 0.2) is 0 Å². The SMILES string of the molecule is CNC(c1ncc(Cl)cc1Cl)C1CCCOC1. The zero-order valence-corrected chi connectivity index (χ0v) is 11.3. The number of nitrogens with one attached hydrogen (secondary N) is 1. The van der Waals surface area contributed by atoms with E-state index in [1.165, 1.54) is 0 Å². The van der Waals surface area contributed by atoms with Crippen molar-refractivity contribution < 1.29 is 4.74 Å². The van der Waals surface area contributed by atoms with Gasteiger partial charge in [-0.1, -0.05) is 23.2 Å². The first-order valence-electron chi connectivity index (χ1n) is 5.78. The number of pyridine rings is 1. The maximum absolute atomic E-state index is 6.19. The van der Waals surface area contributed by atoms with Crippen LogP contribution in [0.4, 0.5) is 0 Å². The number of hydrogen-bond donors (Lipinski definition) is 1. The molecule has 0 bridgehead atoms. The van der Waals surface area contributed by atoms with Crippen LogP contribution >= 0.6 is 23.2 Å². The van der Waals surface area contributed by atoms with Crippen molar-refractivity contribution in [3.63, 3.8) is 0 Å². The van der Waals surface area contributed by atoms with Gasteiger partial charge in [-0.2, -0.15) is 0 Å². The van der Waals surface area contributed by atoms with E-state index in [9.17, 15) is 0 Å². The van der Waals surface area contributed by atoms with Crippen LogP contribution in [0, 0.1) is 5.92 Å². The number of ether oxygens (including phenoxy) is 1. The Hall–Kier alpha value is -0.350. The van der Waals surface area contributed by atoms with Crippen molar-refractivity contribution in [2.45, 2.75) is 18.9 Å². The Morgan fingerprint density at radius 3 is 2.94 bits per heavy atom. The van der Waals surface area contributed by atoms with E-state index in [-0.39, 0.29) is 6.04 Å². The molecule has 0 radical (unpaired) electrons. The van der Waals surface area contributed by atoms with E-state index in [1.807, 2.05) is 7.05 Å². The summed E-state index contributed by atoms with van der Waals surface area (Å²) >= 11 is 12.1. The lowest BCUT2D eigenvalue weighted by Gasteiger charge is -2.30. The van der Waals surface area contributed by atoms with Gasteiger partial charge in [0.2, 0.25) is 0 Å². The minimum atomic E-state index is 0.125. The summed E-state index contributed by atoms with van der Waals surface area (Å²) in [6, 6.07) is 1.86. The summed E-state index contributed by atoms with van der Waals surface area (Å²) in [5, 5.41) is 4.46. The normalized spacial score (nSPS) is 22.4. The molecule has 0 aromatic carbocycles. The number of hydrogen-bond acceptors (Lipinski definition) is 3. The van der Waals surface area contributed by atoms with Gasteiger partial charge >= 0.3 is 0 Å². The molecule has 1 fully saturated rings. The third-order valence-electron chi connectivity index (χ3n) is 3.11. The Morgan fingerprint density at radius 1 is 1.53 bits per heavy atom. The van der Waals surface area contributed by atoms with E-state index in [1.54, 1.807) is 12.3 Å². The van der Waals surface area contributed by atoms with Gasteiger partial charge in [-0.05, 0) is 26.0 Å². The van der Waals surface area contributed by atoms with Gasteiger partial charge in [0.05, 0.1) is 28.4 Å². The van der Waals surface area contributed by atoms with E-state index >= 15 is 0 Å². The molecular weight excluding hydrogens is 259 g/mol. The van der Waals surface area contributed by atoms with Crippen molar-refractivity contribution in [3.05, 3.63) is 28.0 Å². The molecule has 2 rings (SSSR count). The van der Waals surface area contributed by atoms with Gasteiger partial charge in [-0.3, -0.25) is 4.98 Å². The summed E-state index contributed by atoms with van der Waals surface area (Å²) < 4.78 is 5.51. The van der Waals surface area contributed by atoms with E-state index in [4.69, 9.17) is 27.9 Å². The average molecular weight is 275 g/mol. The van der Waals surface area contributed by atoms with Gasteiger partial charge in [-0.25, -0.2) is 0 Å². The second kappa shape index (κ2) is 6.01. The monoisotopic (exact) mass is 274 g/mol. The molecule has 17 heavy (non-hydrogen) atoms. The first-order chi connectivity index (χ1) is 8.22. The van der Waals surface area contributed by atoms with Crippen LogP contribution in [0.1, 0.15) is 24.6 Å². The van der Waals surface area contributed by atoms with Gasteiger partial charge in [0.25, 0.3) is 0 Å². The number of aromatic nitrogens is 1. The van der Waals surface area contributed by atoms with Crippen LogP contribution in [-0.4, -0.2) is 25.2 Å². The third-order valence-corrected chi connectivity index (χ3v) is 3.62. The highest BCUT2D eigenvalue weighted by Crippen LogP contribution is 2.32. The fourth-order valence-corrected chi connectivity index (χ4v) is 2.78. The Labute approximate surface area is 111 Å². The first kappa shape index (κ1) is 13.1. The van der Waals surface area contributed by atoms with Gasteiger partial charge in [0, 0.05) is 18.7 Å². The molecule has 5 heteroatoms. The van der Waals surface area contributed by atoms with Crippen LogP contribution in [-0.2, 0) is 4.74 Å². The van der Waals surface area contributed by atoms with Crippen molar-refractivity contribution in [1.82, 2.24) is 10.3 Å². The number of rotatable bonds is 3. The topological polar surface area (TPSA) is 34.2 Å². The van der Waals surface area contributed by atoms with E-state index < -0.39 is 0 Å². The smallest absolute Gasteiger partial charge is 0.0763 e. The molecular formula is C12H16Cl2N2O. The highest BCUT2D eigenvalue weighted by molar-refractivity contribution is 6.34. The van der Waals surface area contributed by atoms with Crippen LogP contribution in [0.25, 0.3) is 0 Å². The molecule has 1 aromatic heterocycles. The summed E-state index contributed by atoms with van der Waals surface area (Å²) in [6.07, 6.45) is 3.86. The molecule has 2 heterocycles. The minimum absolute atomic E-state index is 0.125. The van der Waals surface area contributed by atoms with Crippen LogP contribution in [0.15, 0.2) is 12.3 Å². The molecule has 1 aliphatic heterocycles. The number of nitrogens with zero attached hydrogens (tertiary/aromatic N) is 1. The molecule has 1 N–H and O–H groups in total. The highest BCUT2D eigenvalue weighted by Gasteiger charge is 2.27. The molecule has 3 nitrogen and oxygen atoms in total. The van der Waals surface area contributed by atoms with Crippen molar-refractivity contribution in [3.8, 4) is 0 Å². The van der Waals surface area contributed by atoms with Crippen molar-refractivity contribution in [2.75, 3.05) is 20.3 Å². The Morgan fingerprint density at radius 2 is 2.35 bits per heavy atom. The highest BCUT2D eigenvalue weighted by atomic mass is 35.5. The maximum atomic E-state index is 6.19. The average Bonchev–Trinajstić information content (AvgIpc) is 2.34. The zero-order chi connectivity index (χ0) is 12.3. The lowest BCUT2D eigenvalue weighted by atomic mass is 9.91. The Bertz CT molecular complexity index is 381. The standard InChI is InChI=1S/C12H16Cl2N2O/c1-15-11(8-3-2-4-17-7-8)12-10(14)5-9(13)6-16-12/h5-6,8,11,15H,2-4,7H2,1H3. The predicted octanol–water partition coefficient (Wildman–Crippen LogP) is 3.08. The molecule has 0 saturated carbocycles. The van der Waals surface area contributed by atoms with E-state index in [0.29, 0.717) is 16.0 Å². The summed E-state index contributed by atoms with van der Waals surface area (Å²) in [4.78, 5) is 4.34. The maximum Gasteiger partial charge on any atom is 0.0763 e. The molecule has 94 valence electrons. The molecule has 1 saturated heterocycles. The van der Waals surface area contributed by atoms with E-state index in [0.717, 1.165) is 31.7 Å². The lowest BCUT2D eigenvalue weighted by Crippen LogP contribution is -2.32. The van der Waals surface area contributed by atoms with Gasteiger partial charge < -0.3 is 10.1 Å². The first-order valence-corrected chi connectivity index (χ1v) is 6.54. The van der Waals surface area contributed by atoms with E-state index in [2.05, 4.69) is 10.3 Å². The predicted molar refractivity (Wildman–Crippen MR) is 69.6 cm³/mol. The van der Waals surface area contributed by atoms with Crippen LogP contribution in [0.3, 0.4) is 0 Å². The summed E-state index contributed by atoms with van der Waals surface area (Å²) in [7, 11) is 1.92. The molecule has 2 unspecified atom stereocenters. The molecule has 1 aliphatic rings. The van der Waals surface area contributed by atoms with Gasteiger partial charge in [-0.15, -0.1) is 0 Å². The minimum Gasteiger partial charge on any atom is -0.381 e. The summed E-state index contributed by atoms with van der Waals surface area (Å²) in [5.41, 5.74) is 0.856. The Balaban J connectivity index is 2.21. The largest absolute Gasteiger partial charge is 0.381 e. The molecule has 2 atom stereocenters. The molecule has 0 aliphatic carbocycles. The molecule has 0 amide bonds. The number of halogens is 2. The summed E-state index contributed by atoms with van der Waals surface area (Å²) in [5.74, 6) is 0.417.